The van der Waals surface area contributed by atoms with Gasteiger partial charge in [0, 0.05) is 35.6 Å². The van der Waals surface area contributed by atoms with Crippen LogP contribution >= 0.6 is 0 Å². The molecule has 1 fully saturated rings. The third-order valence-electron chi connectivity index (χ3n) is 12.4. The second kappa shape index (κ2) is 8.85. The summed E-state index contributed by atoms with van der Waals surface area (Å²) in [4.78, 5) is 2.70. The fraction of sp³-hybridized carbons (Fsp3) is 0.629. The van der Waals surface area contributed by atoms with E-state index in [1.807, 2.05) is 0 Å². The number of nitriles is 1. The molecule has 3 aliphatic carbocycles. The van der Waals surface area contributed by atoms with Crippen molar-refractivity contribution >= 4 is 17.1 Å². The highest BCUT2D eigenvalue weighted by Crippen LogP contribution is 2.68. The van der Waals surface area contributed by atoms with Gasteiger partial charge in [0.1, 0.15) is 11.4 Å². The summed E-state index contributed by atoms with van der Waals surface area (Å²) in [6.07, 6.45) is 10.8. The van der Waals surface area contributed by atoms with Gasteiger partial charge in [0.15, 0.2) is 11.9 Å². The summed E-state index contributed by atoms with van der Waals surface area (Å²) in [6.45, 7) is 15.6. The molecule has 202 valence electrons. The van der Waals surface area contributed by atoms with Crippen LogP contribution in [0.25, 0.3) is 0 Å². The largest absolute Gasteiger partial charge is 0.319 e. The summed E-state index contributed by atoms with van der Waals surface area (Å²) in [6, 6.07) is 14.5. The Morgan fingerprint density at radius 3 is 2.45 bits per heavy atom. The Kier molecular flexibility index (Phi) is 6.04. The normalized spacial score (nSPS) is 36.3. The van der Waals surface area contributed by atoms with Gasteiger partial charge in [-0.3, -0.25) is 0 Å². The first-order chi connectivity index (χ1) is 18.2. The first kappa shape index (κ1) is 25.9. The number of fused-ring (bicyclic) bond motifs is 7. The van der Waals surface area contributed by atoms with E-state index in [1.54, 1.807) is 11.1 Å². The third kappa shape index (κ3) is 2.99. The number of benzene rings is 2. The van der Waals surface area contributed by atoms with Gasteiger partial charge in [0.05, 0.1) is 18.2 Å². The summed E-state index contributed by atoms with van der Waals surface area (Å²) in [5, 5.41) is 9.88. The molecule has 0 saturated heterocycles. The van der Waals surface area contributed by atoms with Crippen LogP contribution in [0.15, 0.2) is 30.3 Å². The molecule has 0 aromatic heterocycles. The van der Waals surface area contributed by atoms with E-state index in [0.29, 0.717) is 6.17 Å². The highest BCUT2D eigenvalue weighted by Gasteiger charge is 2.68. The number of quaternary nitrogens is 1. The van der Waals surface area contributed by atoms with Crippen LogP contribution in [0.3, 0.4) is 0 Å². The lowest BCUT2D eigenvalue weighted by Gasteiger charge is -2.60. The molecule has 2 aromatic carbocycles. The van der Waals surface area contributed by atoms with Crippen molar-refractivity contribution in [2.45, 2.75) is 116 Å². The van der Waals surface area contributed by atoms with Crippen molar-refractivity contribution in [1.82, 2.24) is 4.48 Å². The van der Waals surface area contributed by atoms with Crippen molar-refractivity contribution in [3.8, 4) is 6.07 Å². The molecule has 2 bridgehead atoms. The standard InChI is InChI=1S/C35H48N3/c1-8-12-13-24-19-25-15-16-26(24)28-20-30-32(21-27(25)28)38(11-4)31-17-14-23(22-36)18-29(31)34(5,9-2)35(6,10-3)33(38)37(30)7/h14,17-18,20-21,24-26,33H,8-13,15-16,19H2,1-7H3/q+1. The number of hydrogen-bond acceptors (Lipinski definition) is 2. The van der Waals surface area contributed by atoms with Gasteiger partial charge >= 0.3 is 0 Å². The van der Waals surface area contributed by atoms with Crippen LogP contribution in [-0.4, -0.2) is 19.8 Å². The van der Waals surface area contributed by atoms with Crippen molar-refractivity contribution in [2.24, 2.45) is 11.3 Å². The van der Waals surface area contributed by atoms with E-state index in [4.69, 9.17) is 0 Å². The highest BCUT2D eigenvalue weighted by molar-refractivity contribution is 5.85. The monoisotopic (exact) mass is 510 g/mol. The Hall–Kier alpha value is -2.31. The van der Waals surface area contributed by atoms with Crippen molar-refractivity contribution in [3.05, 3.63) is 52.6 Å². The molecule has 0 radical (unpaired) electrons. The Balaban J connectivity index is 1.62. The molecule has 38 heavy (non-hydrogen) atoms. The van der Waals surface area contributed by atoms with Crippen LogP contribution in [-0.2, 0) is 5.41 Å². The van der Waals surface area contributed by atoms with Crippen molar-refractivity contribution in [2.75, 3.05) is 18.5 Å². The number of hydrogen-bond donors (Lipinski definition) is 0. The quantitative estimate of drug-likeness (QED) is 0.362. The summed E-state index contributed by atoms with van der Waals surface area (Å²) in [7, 11) is 2.39. The topological polar surface area (TPSA) is 27.0 Å². The molecular formula is C35H48N3+. The second-order valence-electron chi connectivity index (χ2n) is 13.5. The molecule has 0 N–H and O–H groups in total. The van der Waals surface area contributed by atoms with E-state index in [1.165, 1.54) is 61.2 Å². The molecule has 3 heteroatoms. The van der Waals surface area contributed by atoms with Crippen LogP contribution in [0.5, 0.6) is 0 Å². The maximum atomic E-state index is 9.88. The summed E-state index contributed by atoms with van der Waals surface area (Å²) >= 11 is 0. The van der Waals surface area contributed by atoms with E-state index in [2.05, 4.69) is 89.9 Å². The lowest BCUT2D eigenvalue weighted by Crippen LogP contribution is -2.70. The smallest absolute Gasteiger partial charge is 0.180 e. The molecule has 1 saturated carbocycles. The van der Waals surface area contributed by atoms with Gasteiger partial charge in [-0.15, -0.1) is 0 Å². The van der Waals surface area contributed by atoms with Gasteiger partial charge in [0.25, 0.3) is 0 Å². The summed E-state index contributed by atoms with van der Waals surface area (Å²) < 4.78 is 0.900. The minimum atomic E-state index is -0.00821. The molecular weight excluding hydrogens is 462 g/mol. The molecule has 2 aliphatic heterocycles. The number of nitrogens with zero attached hydrogens (tertiary/aromatic N) is 3. The Bertz CT molecular complexity index is 1300. The van der Waals surface area contributed by atoms with Crippen molar-refractivity contribution < 1.29 is 0 Å². The van der Waals surface area contributed by atoms with Crippen LogP contribution in [0, 0.1) is 22.7 Å². The lowest BCUT2D eigenvalue weighted by molar-refractivity contribution is 0.0252. The number of rotatable bonds is 6. The molecule has 7 rings (SSSR count). The van der Waals surface area contributed by atoms with Gasteiger partial charge in [-0.25, -0.2) is 4.48 Å². The lowest BCUT2D eigenvalue weighted by atomic mass is 9.54. The molecule has 5 aliphatic rings. The number of anilines is 1. The van der Waals surface area contributed by atoms with E-state index < -0.39 is 0 Å². The molecule has 2 heterocycles. The highest BCUT2D eigenvalue weighted by atomic mass is 15.6. The first-order valence-corrected chi connectivity index (χ1v) is 15.6. The van der Waals surface area contributed by atoms with E-state index in [0.717, 1.165) is 47.2 Å². The third-order valence-corrected chi connectivity index (χ3v) is 12.4. The minimum Gasteiger partial charge on any atom is -0.319 e. The molecule has 0 amide bonds. The fourth-order valence-electron chi connectivity index (χ4n) is 10.0. The fourth-order valence-corrected chi connectivity index (χ4v) is 10.0. The van der Waals surface area contributed by atoms with Crippen molar-refractivity contribution in [3.63, 3.8) is 0 Å². The predicted octanol–water partition coefficient (Wildman–Crippen LogP) is 9.26. The molecule has 7 atom stereocenters. The Labute approximate surface area is 231 Å². The molecule has 0 spiro atoms. The average Bonchev–Trinajstić information content (AvgIpc) is 3.22. The maximum Gasteiger partial charge on any atom is 0.180 e. The van der Waals surface area contributed by atoms with Crippen LogP contribution in [0.1, 0.15) is 127 Å². The van der Waals surface area contributed by atoms with Gasteiger partial charge < -0.3 is 4.90 Å². The van der Waals surface area contributed by atoms with Gasteiger partial charge in [-0.2, -0.15) is 5.26 Å². The Morgan fingerprint density at radius 1 is 1.00 bits per heavy atom. The van der Waals surface area contributed by atoms with Crippen molar-refractivity contribution in [1.29, 1.82) is 5.26 Å². The SMILES string of the molecule is CCCCC1CC2CCC1c1cc3c(cc12)[N+]1(CC)c2ccc(C#N)cc2C(C)(CC)C(C)(CC)C1N3C. The molecule has 2 aromatic rings. The molecule has 7 unspecified atom stereocenters. The van der Waals surface area contributed by atoms with E-state index in [-0.39, 0.29) is 10.8 Å². The van der Waals surface area contributed by atoms with Gasteiger partial charge in [-0.1, -0.05) is 47.5 Å². The van der Waals surface area contributed by atoms with Gasteiger partial charge in [0.2, 0.25) is 0 Å². The van der Waals surface area contributed by atoms with E-state index >= 15 is 0 Å². The van der Waals surface area contributed by atoms with Crippen LogP contribution < -0.4 is 9.38 Å². The summed E-state index contributed by atoms with van der Waals surface area (Å²) in [5.41, 5.74) is 10.0. The Morgan fingerprint density at radius 2 is 1.79 bits per heavy atom. The van der Waals surface area contributed by atoms with Crippen LogP contribution in [0.4, 0.5) is 17.1 Å². The summed E-state index contributed by atoms with van der Waals surface area (Å²) in [5.74, 6) is 2.35. The van der Waals surface area contributed by atoms with E-state index in [9.17, 15) is 5.26 Å². The maximum absolute atomic E-state index is 9.88. The van der Waals surface area contributed by atoms with Gasteiger partial charge in [-0.05, 0) is 92.5 Å². The average molecular weight is 511 g/mol. The zero-order valence-corrected chi connectivity index (χ0v) is 24.9. The first-order valence-electron chi connectivity index (χ1n) is 15.6. The zero-order valence-electron chi connectivity index (χ0n) is 24.9. The second-order valence-corrected chi connectivity index (χ2v) is 13.5. The number of unbranched alkanes of at least 4 members (excludes halogenated alkanes) is 1. The van der Waals surface area contributed by atoms with Crippen LogP contribution in [0.2, 0.25) is 0 Å². The predicted molar refractivity (Wildman–Crippen MR) is 160 cm³/mol. The zero-order chi connectivity index (χ0) is 27.0. The molecule has 3 nitrogen and oxygen atoms in total. The minimum absolute atomic E-state index is 0.00821.